The zero-order valence-corrected chi connectivity index (χ0v) is 15.2. The molecule has 0 fully saturated rings. The van der Waals surface area contributed by atoms with Crippen molar-refractivity contribution in [2.24, 2.45) is 0 Å². The number of hydrogen-bond donors (Lipinski definition) is 2. The van der Waals surface area contributed by atoms with E-state index in [0.29, 0.717) is 5.95 Å². The van der Waals surface area contributed by atoms with Crippen LogP contribution in [-0.2, 0) is 4.74 Å². The van der Waals surface area contributed by atoms with E-state index in [4.69, 9.17) is 4.74 Å². The van der Waals surface area contributed by atoms with E-state index >= 15 is 0 Å². The van der Waals surface area contributed by atoms with E-state index in [9.17, 15) is 0 Å². The number of nitrogens with one attached hydrogen (secondary N) is 2. The molecule has 0 atom stereocenters. The summed E-state index contributed by atoms with van der Waals surface area (Å²) in [6.07, 6.45) is 0.918. The Hall–Kier alpha value is -2.92. The minimum atomic E-state index is 0.575. The smallest absolute Gasteiger partial charge is 0.229 e. The fourth-order valence-electron chi connectivity index (χ4n) is 2.64. The fraction of sp³-hybridized carbons (Fsp3) is 0.238. The average Bonchev–Trinajstić information content (AvgIpc) is 2.66. The molecule has 0 aliphatic heterocycles. The molecule has 1 aromatic heterocycles. The summed E-state index contributed by atoms with van der Waals surface area (Å²) in [7, 11) is 1.71. The number of benzene rings is 2. The third kappa shape index (κ3) is 5.04. The molecule has 0 aliphatic rings. The third-order valence-electron chi connectivity index (χ3n) is 3.90. The number of rotatable bonds is 8. The second-order valence-electron chi connectivity index (χ2n) is 6.10. The molecule has 0 saturated heterocycles. The second-order valence-corrected chi connectivity index (χ2v) is 6.10. The molecule has 2 aromatic carbocycles. The first-order valence-electron chi connectivity index (χ1n) is 8.75. The van der Waals surface area contributed by atoms with E-state index in [1.54, 1.807) is 7.11 Å². The van der Waals surface area contributed by atoms with Gasteiger partial charge in [-0.1, -0.05) is 42.5 Å². The van der Waals surface area contributed by atoms with Crippen LogP contribution in [-0.4, -0.2) is 30.2 Å². The summed E-state index contributed by atoms with van der Waals surface area (Å²) >= 11 is 0. The highest BCUT2D eigenvalue weighted by molar-refractivity contribution is 5.66. The van der Waals surface area contributed by atoms with Crippen LogP contribution in [0.3, 0.4) is 0 Å². The van der Waals surface area contributed by atoms with Gasteiger partial charge in [0.2, 0.25) is 5.95 Å². The number of nitrogens with zero attached hydrogens (tertiary/aromatic N) is 2. The van der Waals surface area contributed by atoms with Crippen molar-refractivity contribution in [3.8, 4) is 11.3 Å². The van der Waals surface area contributed by atoms with Crippen LogP contribution in [0.25, 0.3) is 11.3 Å². The first-order chi connectivity index (χ1) is 12.7. The largest absolute Gasteiger partial charge is 0.385 e. The van der Waals surface area contributed by atoms with E-state index in [2.05, 4.69) is 39.7 Å². The molecule has 0 aliphatic carbocycles. The fourth-order valence-corrected chi connectivity index (χ4v) is 2.64. The van der Waals surface area contributed by atoms with Crippen LogP contribution < -0.4 is 10.6 Å². The van der Waals surface area contributed by atoms with Crippen molar-refractivity contribution in [2.75, 3.05) is 30.9 Å². The zero-order chi connectivity index (χ0) is 18.2. The predicted octanol–water partition coefficient (Wildman–Crippen LogP) is 4.64. The summed E-state index contributed by atoms with van der Waals surface area (Å²) in [5, 5.41) is 6.67. The number of methoxy groups -OCH3 is 1. The van der Waals surface area contributed by atoms with Gasteiger partial charge in [-0.2, -0.15) is 4.98 Å². The number of aryl methyl sites for hydroxylation is 1. The summed E-state index contributed by atoms with van der Waals surface area (Å²) < 4.78 is 5.10. The van der Waals surface area contributed by atoms with E-state index in [-0.39, 0.29) is 0 Å². The van der Waals surface area contributed by atoms with E-state index < -0.39 is 0 Å². The van der Waals surface area contributed by atoms with Crippen molar-refractivity contribution in [1.82, 2.24) is 9.97 Å². The van der Waals surface area contributed by atoms with Crippen molar-refractivity contribution in [1.29, 1.82) is 0 Å². The lowest BCUT2D eigenvalue weighted by atomic mass is 10.1. The Kier molecular flexibility index (Phi) is 6.17. The number of hydrogen-bond acceptors (Lipinski definition) is 5. The Morgan fingerprint density at radius 3 is 2.58 bits per heavy atom. The van der Waals surface area contributed by atoms with Crippen LogP contribution in [0.15, 0.2) is 60.7 Å². The quantitative estimate of drug-likeness (QED) is 0.581. The van der Waals surface area contributed by atoms with Crippen LogP contribution in [0.4, 0.5) is 17.5 Å². The van der Waals surface area contributed by atoms with Crippen LogP contribution in [0, 0.1) is 6.92 Å². The maximum absolute atomic E-state index is 5.10. The topological polar surface area (TPSA) is 59.1 Å². The molecule has 3 aromatic rings. The SMILES string of the molecule is COCCCNc1cc(-c2ccccc2)nc(Nc2cccc(C)c2)n1. The predicted molar refractivity (Wildman–Crippen MR) is 107 cm³/mol. The van der Waals surface area contributed by atoms with Crippen molar-refractivity contribution in [3.63, 3.8) is 0 Å². The minimum absolute atomic E-state index is 0.575. The normalized spacial score (nSPS) is 10.5. The molecule has 3 rings (SSSR count). The lowest BCUT2D eigenvalue weighted by Crippen LogP contribution is -2.08. The molecule has 0 saturated carbocycles. The summed E-state index contributed by atoms with van der Waals surface area (Å²) in [6.45, 7) is 3.58. The number of anilines is 3. The van der Waals surface area contributed by atoms with Gasteiger partial charge in [-0.15, -0.1) is 0 Å². The van der Waals surface area contributed by atoms with Crippen LogP contribution in [0.1, 0.15) is 12.0 Å². The van der Waals surface area contributed by atoms with E-state index in [0.717, 1.165) is 42.3 Å². The van der Waals surface area contributed by atoms with Crippen LogP contribution in [0.2, 0.25) is 0 Å². The van der Waals surface area contributed by atoms with Gasteiger partial charge in [0.25, 0.3) is 0 Å². The number of ether oxygens (including phenoxy) is 1. The van der Waals surface area contributed by atoms with Crippen LogP contribution in [0.5, 0.6) is 0 Å². The van der Waals surface area contributed by atoms with Gasteiger partial charge in [0, 0.05) is 37.6 Å². The number of aromatic nitrogens is 2. The monoisotopic (exact) mass is 348 g/mol. The molecule has 0 bridgehead atoms. The molecule has 0 radical (unpaired) electrons. The third-order valence-corrected chi connectivity index (χ3v) is 3.90. The van der Waals surface area contributed by atoms with Crippen molar-refractivity contribution in [2.45, 2.75) is 13.3 Å². The van der Waals surface area contributed by atoms with E-state index in [1.807, 2.05) is 48.5 Å². The standard InChI is InChI=1S/C21H24N4O/c1-16-8-6-11-18(14-16)23-21-24-19(17-9-4-3-5-10-17)15-20(25-21)22-12-7-13-26-2/h3-6,8-11,14-15H,7,12-13H2,1-2H3,(H2,22,23,24,25). The van der Waals surface area contributed by atoms with Gasteiger partial charge in [0.1, 0.15) is 5.82 Å². The molecule has 0 spiro atoms. The van der Waals surface area contributed by atoms with Crippen molar-refractivity contribution in [3.05, 3.63) is 66.2 Å². The van der Waals surface area contributed by atoms with Gasteiger partial charge >= 0.3 is 0 Å². The molecule has 134 valence electrons. The highest BCUT2D eigenvalue weighted by Gasteiger charge is 2.07. The summed E-state index contributed by atoms with van der Waals surface area (Å²) in [6, 6.07) is 20.3. The molecule has 0 amide bonds. The van der Waals surface area contributed by atoms with E-state index in [1.165, 1.54) is 5.56 Å². The summed E-state index contributed by atoms with van der Waals surface area (Å²) in [5.41, 5.74) is 4.10. The van der Waals surface area contributed by atoms with Gasteiger partial charge in [0.05, 0.1) is 5.69 Å². The Morgan fingerprint density at radius 1 is 0.962 bits per heavy atom. The average molecular weight is 348 g/mol. The molecular weight excluding hydrogens is 324 g/mol. The van der Waals surface area contributed by atoms with Crippen LogP contribution >= 0.6 is 0 Å². The lowest BCUT2D eigenvalue weighted by Gasteiger charge is -2.12. The molecule has 26 heavy (non-hydrogen) atoms. The van der Waals surface area contributed by atoms with Crippen molar-refractivity contribution < 1.29 is 4.74 Å². The summed E-state index contributed by atoms with van der Waals surface area (Å²) in [5.74, 6) is 1.37. The Labute approximate surface area is 154 Å². The van der Waals surface area contributed by atoms with Crippen molar-refractivity contribution >= 4 is 17.5 Å². The molecular formula is C21H24N4O. The minimum Gasteiger partial charge on any atom is -0.385 e. The molecule has 5 nitrogen and oxygen atoms in total. The molecule has 0 unspecified atom stereocenters. The first kappa shape index (κ1) is 17.9. The van der Waals surface area contributed by atoms with Gasteiger partial charge in [-0.05, 0) is 31.0 Å². The Balaban J connectivity index is 1.86. The molecule has 5 heteroatoms. The summed E-state index contributed by atoms with van der Waals surface area (Å²) in [4.78, 5) is 9.29. The highest BCUT2D eigenvalue weighted by atomic mass is 16.5. The molecule has 1 heterocycles. The first-order valence-corrected chi connectivity index (χ1v) is 8.75. The second kappa shape index (κ2) is 8.97. The maximum atomic E-state index is 5.10. The highest BCUT2D eigenvalue weighted by Crippen LogP contribution is 2.23. The van der Waals surface area contributed by atoms with Gasteiger partial charge in [0.15, 0.2) is 0 Å². The van der Waals surface area contributed by atoms with Gasteiger partial charge in [-0.3, -0.25) is 0 Å². The van der Waals surface area contributed by atoms with Gasteiger partial charge < -0.3 is 15.4 Å². The Bertz CT molecular complexity index is 836. The maximum Gasteiger partial charge on any atom is 0.229 e. The Morgan fingerprint density at radius 2 is 1.81 bits per heavy atom. The van der Waals surface area contributed by atoms with Gasteiger partial charge in [-0.25, -0.2) is 4.98 Å². The zero-order valence-electron chi connectivity index (χ0n) is 15.2. The lowest BCUT2D eigenvalue weighted by molar-refractivity contribution is 0.198. The molecule has 2 N–H and O–H groups in total.